The molecule has 3 amide bonds. The largest absolute Gasteiger partial charge is 0.384 e. The second-order valence-electron chi connectivity index (χ2n) is 7.04. The zero-order valence-corrected chi connectivity index (χ0v) is 14.4. The molecule has 3 aliphatic rings. The van der Waals surface area contributed by atoms with Crippen LogP contribution in [0.2, 0.25) is 0 Å². The Balaban J connectivity index is 1.75. The number of pyridine rings is 1. The number of benzene rings is 1. The predicted molar refractivity (Wildman–Crippen MR) is 97.2 cm³/mol. The minimum Gasteiger partial charge on any atom is -0.384 e. The first-order valence-corrected chi connectivity index (χ1v) is 8.83. The maximum Gasteiger partial charge on any atom is 0.262 e. The first kappa shape index (κ1) is 15.8. The van der Waals surface area contributed by atoms with E-state index in [1.165, 1.54) is 4.57 Å². The van der Waals surface area contributed by atoms with Crippen molar-refractivity contribution < 1.29 is 14.4 Å². The Morgan fingerprint density at radius 3 is 2.44 bits per heavy atom. The number of nitrogens with one attached hydrogen (secondary N) is 1. The minimum atomic E-state index is -0.611. The fraction of sp³-hybridized carbons (Fsp3) is 0.263. The van der Waals surface area contributed by atoms with E-state index in [1.807, 2.05) is 17.0 Å². The Hall–Kier alpha value is -3.42. The van der Waals surface area contributed by atoms with Crippen LogP contribution in [0.3, 0.4) is 0 Å². The van der Waals surface area contributed by atoms with Crippen molar-refractivity contribution in [1.29, 1.82) is 0 Å². The van der Waals surface area contributed by atoms with Gasteiger partial charge in [0.05, 0.1) is 22.5 Å². The van der Waals surface area contributed by atoms with E-state index in [0.29, 0.717) is 25.1 Å². The fourth-order valence-corrected chi connectivity index (χ4v) is 4.31. The van der Waals surface area contributed by atoms with Gasteiger partial charge in [-0.05, 0) is 42.5 Å². The molecule has 0 fully saturated rings. The number of aryl methyl sites for hydroxylation is 2. The molecule has 3 aliphatic heterocycles. The van der Waals surface area contributed by atoms with Gasteiger partial charge in [-0.25, -0.2) is 0 Å². The molecule has 8 nitrogen and oxygen atoms in total. The second-order valence-corrected chi connectivity index (χ2v) is 7.04. The number of rotatable bonds is 1. The van der Waals surface area contributed by atoms with Crippen molar-refractivity contribution in [2.45, 2.75) is 25.7 Å². The van der Waals surface area contributed by atoms with Crippen LogP contribution in [0.4, 0.5) is 11.5 Å². The van der Waals surface area contributed by atoms with E-state index in [1.54, 1.807) is 0 Å². The molecule has 0 saturated heterocycles. The molecule has 0 bridgehead atoms. The standard InChI is InChI=1S/C19H16N4O4/c20-17-15-12(18(26)21-19(15)27)8-14(25)23(17)11-6-9-2-1-5-22-13(24)4-3-10(7-11)16(9)22/h6-8H,1-5,20H2,(H,21,26,27). The molecule has 0 saturated carbocycles. The molecule has 0 radical (unpaired) electrons. The highest BCUT2D eigenvalue weighted by molar-refractivity contribution is 6.23. The predicted octanol–water partition coefficient (Wildman–Crippen LogP) is 0.529. The average Bonchev–Trinajstić information content (AvgIpc) is 2.92. The molecular weight excluding hydrogens is 348 g/mol. The zero-order chi connectivity index (χ0) is 18.9. The smallest absolute Gasteiger partial charge is 0.262 e. The van der Waals surface area contributed by atoms with Gasteiger partial charge in [-0.15, -0.1) is 0 Å². The number of hydrogen-bond donors (Lipinski definition) is 2. The lowest BCUT2D eigenvalue weighted by Gasteiger charge is -2.35. The summed E-state index contributed by atoms with van der Waals surface area (Å²) in [4.78, 5) is 50.6. The van der Waals surface area contributed by atoms with Gasteiger partial charge in [-0.2, -0.15) is 0 Å². The van der Waals surface area contributed by atoms with Gasteiger partial charge in [0.1, 0.15) is 5.82 Å². The number of nitrogens with two attached hydrogens (primary N) is 1. The van der Waals surface area contributed by atoms with Crippen molar-refractivity contribution in [2.24, 2.45) is 0 Å². The topological polar surface area (TPSA) is 114 Å². The number of imide groups is 1. The highest BCUT2D eigenvalue weighted by Gasteiger charge is 2.33. The number of anilines is 2. The third kappa shape index (κ3) is 2.09. The second kappa shape index (κ2) is 5.29. The summed E-state index contributed by atoms with van der Waals surface area (Å²) in [5.74, 6) is -1.13. The fourth-order valence-electron chi connectivity index (χ4n) is 4.31. The number of carbonyl (C=O) groups excluding carboxylic acids is 3. The normalized spacial score (nSPS) is 17.6. The first-order chi connectivity index (χ1) is 13.0. The van der Waals surface area contributed by atoms with Gasteiger partial charge in [0.15, 0.2) is 0 Å². The highest BCUT2D eigenvalue weighted by Crippen LogP contribution is 2.37. The molecule has 8 heteroatoms. The van der Waals surface area contributed by atoms with E-state index < -0.39 is 17.4 Å². The summed E-state index contributed by atoms with van der Waals surface area (Å²) in [5.41, 5.74) is 9.19. The molecular formula is C19H16N4O4. The summed E-state index contributed by atoms with van der Waals surface area (Å²) in [7, 11) is 0. The molecule has 5 rings (SSSR count). The number of aromatic nitrogens is 1. The first-order valence-electron chi connectivity index (χ1n) is 8.83. The average molecular weight is 364 g/mol. The monoisotopic (exact) mass is 364 g/mol. The van der Waals surface area contributed by atoms with Crippen LogP contribution in [0.1, 0.15) is 44.7 Å². The summed E-state index contributed by atoms with van der Waals surface area (Å²) < 4.78 is 1.27. The molecule has 4 heterocycles. The number of nitrogen functional groups attached to an aromatic ring is 1. The molecule has 1 aromatic heterocycles. The van der Waals surface area contributed by atoms with Crippen molar-refractivity contribution in [3.05, 3.63) is 50.8 Å². The number of nitrogens with zero attached hydrogens (tertiary/aromatic N) is 2. The van der Waals surface area contributed by atoms with Crippen molar-refractivity contribution >= 4 is 29.2 Å². The van der Waals surface area contributed by atoms with Crippen molar-refractivity contribution in [3.8, 4) is 5.69 Å². The summed E-state index contributed by atoms with van der Waals surface area (Å²) >= 11 is 0. The van der Waals surface area contributed by atoms with Crippen LogP contribution in [-0.4, -0.2) is 28.8 Å². The lowest BCUT2D eigenvalue weighted by atomic mass is 9.91. The van der Waals surface area contributed by atoms with E-state index in [2.05, 4.69) is 5.32 Å². The quantitative estimate of drug-likeness (QED) is 0.717. The third-order valence-corrected chi connectivity index (χ3v) is 5.47. The third-order valence-electron chi connectivity index (χ3n) is 5.47. The molecule has 2 aromatic rings. The van der Waals surface area contributed by atoms with Crippen LogP contribution in [0.25, 0.3) is 5.69 Å². The Kier molecular flexibility index (Phi) is 3.10. The van der Waals surface area contributed by atoms with Crippen LogP contribution in [0, 0.1) is 0 Å². The van der Waals surface area contributed by atoms with Gasteiger partial charge in [0.25, 0.3) is 17.4 Å². The molecule has 136 valence electrons. The van der Waals surface area contributed by atoms with Gasteiger partial charge in [0.2, 0.25) is 5.91 Å². The highest BCUT2D eigenvalue weighted by atomic mass is 16.2. The van der Waals surface area contributed by atoms with Crippen LogP contribution >= 0.6 is 0 Å². The molecule has 0 unspecified atom stereocenters. The molecule has 27 heavy (non-hydrogen) atoms. The van der Waals surface area contributed by atoms with Crippen LogP contribution in [0.5, 0.6) is 0 Å². The molecule has 3 N–H and O–H groups in total. The van der Waals surface area contributed by atoms with E-state index in [4.69, 9.17) is 5.73 Å². The SMILES string of the molecule is Nc1c2c(cc(=O)n1-c1cc3c4c(c1)CCC(=O)N4CCC3)C(=O)NC2=O. The molecule has 1 aromatic carbocycles. The van der Waals surface area contributed by atoms with Crippen LogP contribution in [0.15, 0.2) is 23.0 Å². The summed E-state index contributed by atoms with van der Waals surface area (Å²) in [6, 6.07) is 4.84. The maximum absolute atomic E-state index is 12.7. The molecule has 0 aliphatic carbocycles. The summed E-state index contributed by atoms with van der Waals surface area (Å²) in [6.45, 7) is 0.710. The Morgan fingerprint density at radius 2 is 1.67 bits per heavy atom. The van der Waals surface area contributed by atoms with Crippen molar-refractivity contribution in [1.82, 2.24) is 9.88 Å². The van der Waals surface area contributed by atoms with Gasteiger partial charge in [0, 0.05) is 19.0 Å². The number of hydrogen-bond acceptors (Lipinski definition) is 5. The summed E-state index contributed by atoms with van der Waals surface area (Å²) in [5, 5.41) is 2.17. The molecule has 0 atom stereocenters. The number of amides is 3. The van der Waals surface area contributed by atoms with Gasteiger partial charge < -0.3 is 10.6 Å². The van der Waals surface area contributed by atoms with Crippen molar-refractivity contribution in [3.63, 3.8) is 0 Å². The zero-order valence-electron chi connectivity index (χ0n) is 14.4. The number of carbonyl (C=O) groups is 3. The van der Waals surface area contributed by atoms with Crippen LogP contribution in [-0.2, 0) is 17.6 Å². The van der Waals surface area contributed by atoms with Crippen molar-refractivity contribution in [2.75, 3.05) is 17.2 Å². The minimum absolute atomic E-state index is 0.00909. The van der Waals surface area contributed by atoms with E-state index in [9.17, 15) is 19.2 Å². The van der Waals surface area contributed by atoms with Gasteiger partial charge >= 0.3 is 0 Å². The Morgan fingerprint density at radius 1 is 0.926 bits per heavy atom. The molecule has 0 spiro atoms. The van der Waals surface area contributed by atoms with Gasteiger partial charge in [-0.3, -0.25) is 29.1 Å². The van der Waals surface area contributed by atoms with E-state index >= 15 is 0 Å². The lowest BCUT2D eigenvalue weighted by molar-refractivity contribution is -0.119. The van der Waals surface area contributed by atoms with Crippen LogP contribution < -0.4 is 21.5 Å². The van der Waals surface area contributed by atoms with E-state index in [0.717, 1.165) is 35.7 Å². The Labute approximate surface area is 153 Å². The number of fused-ring (bicyclic) bond motifs is 1. The lowest BCUT2D eigenvalue weighted by Crippen LogP contribution is -2.39. The van der Waals surface area contributed by atoms with E-state index in [-0.39, 0.29) is 22.9 Å². The maximum atomic E-state index is 12.7. The Bertz CT molecular complexity index is 1110. The summed E-state index contributed by atoms with van der Waals surface area (Å²) in [6.07, 6.45) is 2.69. The van der Waals surface area contributed by atoms with Gasteiger partial charge in [-0.1, -0.05) is 0 Å².